The number of halogens is 1. The Hall–Kier alpha value is -2.90. The van der Waals surface area contributed by atoms with Gasteiger partial charge in [0.15, 0.2) is 5.82 Å². The molecule has 8 heteroatoms. The lowest BCUT2D eigenvalue weighted by Gasteiger charge is -2.36. The average Bonchev–Trinajstić information content (AvgIpc) is 3.12. The fraction of sp³-hybridized carbons (Fsp3) is 0.348. The minimum Gasteiger partial charge on any atom is -0.367 e. The lowest BCUT2D eigenvalue weighted by molar-refractivity contribution is 0.102. The van der Waals surface area contributed by atoms with Crippen molar-refractivity contribution in [3.05, 3.63) is 64.6 Å². The van der Waals surface area contributed by atoms with Crippen LogP contribution in [0.15, 0.2) is 42.5 Å². The van der Waals surface area contributed by atoms with Crippen LogP contribution in [-0.4, -0.2) is 58.3 Å². The van der Waals surface area contributed by atoms with E-state index in [1.54, 1.807) is 16.8 Å². The highest BCUT2D eigenvalue weighted by Gasteiger charge is 2.21. The monoisotopic (exact) mass is 438 g/mol. The average molecular weight is 439 g/mol. The number of nitrogens with one attached hydrogen (secondary N) is 1. The largest absolute Gasteiger partial charge is 0.367 e. The Morgan fingerprint density at radius 1 is 1.10 bits per heavy atom. The summed E-state index contributed by atoms with van der Waals surface area (Å²) in [6.07, 6.45) is 0. The zero-order chi connectivity index (χ0) is 22.0. The molecule has 2 aromatic heterocycles. The molecule has 1 aromatic carbocycles. The van der Waals surface area contributed by atoms with Gasteiger partial charge in [0, 0.05) is 31.9 Å². The maximum Gasteiger partial charge on any atom is 0.275 e. The molecule has 1 aliphatic heterocycles. The highest BCUT2D eigenvalue weighted by molar-refractivity contribution is 6.34. The third kappa shape index (κ3) is 4.57. The molecule has 0 saturated carbocycles. The molecule has 162 valence electrons. The summed E-state index contributed by atoms with van der Waals surface area (Å²) < 4.78 is 1.71. The van der Waals surface area contributed by atoms with E-state index in [-0.39, 0.29) is 11.6 Å². The molecule has 1 N–H and O–H groups in total. The fourth-order valence-electron chi connectivity index (χ4n) is 3.91. The SMILES string of the molecule is CCN1CCN(c2ccccc2NC(=O)c2nc(-n3nc(C)cc3C)ccc2Cl)CC1. The third-order valence-corrected chi connectivity index (χ3v) is 5.89. The van der Waals surface area contributed by atoms with Crippen molar-refractivity contribution in [2.75, 3.05) is 42.9 Å². The first kappa shape index (κ1) is 21.3. The Bertz CT molecular complexity index is 1090. The Labute approximate surface area is 187 Å². The molecule has 0 bridgehead atoms. The Morgan fingerprint density at radius 3 is 2.52 bits per heavy atom. The van der Waals surface area contributed by atoms with Crippen molar-refractivity contribution >= 4 is 28.9 Å². The van der Waals surface area contributed by atoms with E-state index in [1.807, 2.05) is 44.2 Å². The van der Waals surface area contributed by atoms with E-state index in [4.69, 9.17) is 11.6 Å². The molecule has 0 spiro atoms. The minimum absolute atomic E-state index is 0.178. The summed E-state index contributed by atoms with van der Waals surface area (Å²) in [7, 11) is 0. The molecule has 0 atom stereocenters. The second kappa shape index (κ2) is 9.08. The number of nitrogens with zero attached hydrogens (tertiary/aromatic N) is 5. The Balaban J connectivity index is 1.58. The molecule has 0 radical (unpaired) electrons. The molecule has 0 aliphatic carbocycles. The molecule has 7 nitrogen and oxygen atoms in total. The number of carbonyl (C=O) groups excluding carboxylic acids is 1. The number of carbonyl (C=O) groups is 1. The number of rotatable bonds is 5. The van der Waals surface area contributed by atoms with Gasteiger partial charge in [0.2, 0.25) is 0 Å². The number of pyridine rings is 1. The molecule has 1 fully saturated rings. The molecular weight excluding hydrogens is 412 g/mol. The molecule has 1 saturated heterocycles. The third-order valence-electron chi connectivity index (χ3n) is 5.59. The number of amides is 1. The molecular formula is C23H27ClN6O. The predicted octanol–water partition coefficient (Wildman–Crippen LogP) is 3.93. The van der Waals surface area contributed by atoms with Crippen LogP contribution in [0.2, 0.25) is 5.02 Å². The number of benzene rings is 1. The van der Waals surface area contributed by atoms with Gasteiger partial charge in [-0.25, -0.2) is 9.67 Å². The molecule has 4 rings (SSSR count). The van der Waals surface area contributed by atoms with Crippen LogP contribution in [0.1, 0.15) is 28.8 Å². The van der Waals surface area contributed by atoms with Crippen LogP contribution in [0.4, 0.5) is 11.4 Å². The Kier molecular flexibility index (Phi) is 6.25. The second-order valence-electron chi connectivity index (χ2n) is 7.73. The number of anilines is 2. The van der Waals surface area contributed by atoms with Gasteiger partial charge in [-0.1, -0.05) is 30.7 Å². The summed E-state index contributed by atoms with van der Waals surface area (Å²) in [5.41, 5.74) is 3.77. The summed E-state index contributed by atoms with van der Waals surface area (Å²) in [4.78, 5) is 22.4. The van der Waals surface area contributed by atoms with Crippen LogP contribution < -0.4 is 10.2 Å². The molecule has 3 heterocycles. The van der Waals surface area contributed by atoms with Gasteiger partial charge in [-0.3, -0.25) is 4.79 Å². The summed E-state index contributed by atoms with van der Waals surface area (Å²) in [5, 5.41) is 7.77. The number of hydrogen-bond donors (Lipinski definition) is 1. The van der Waals surface area contributed by atoms with Crippen LogP contribution in [0.5, 0.6) is 0 Å². The zero-order valence-corrected chi connectivity index (χ0v) is 18.9. The van der Waals surface area contributed by atoms with Crippen molar-refractivity contribution in [1.29, 1.82) is 0 Å². The Morgan fingerprint density at radius 2 is 1.84 bits per heavy atom. The van der Waals surface area contributed by atoms with Gasteiger partial charge in [0.1, 0.15) is 5.69 Å². The maximum absolute atomic E-state index is 13.1. The van der Waals surface area contributed by atoms with Gasteiger partial charge in [0.25, 0.3) is 5.91 Å². The van der Waals surface area contributed by atoms with Crippen molar-refractivity contribution in [2.24, 2.45) is 0 Å². The summed E-state index contributed by atoms with van der Waals surface area (Å²) in [5.74, 6) is 0.220. The molecule has 3 aromatic rings. The highest BCUT2D eigenvalue weighted by atomic mass is 35.5. The van der Waals surface area contributed by atoms with Gasteiger partial charge in [-0.15, -0.1) is 0 Å². The zero-order valence-electron chi connectivity index (χ0n) is 18.1. The smallest absolute Gasteiger partial charge is 0.275 e. The molecule has 31 heavy (non-hydrogen) atoms. The number of likely N-dealkylation sites (N-methyl/N-ethyl adjacent to an activating group) is 1. The number of piperazine rings is 1. The quantitative estimate of drug-likeness (QED) is 0.653. The molecule has 0 unspecified atom stereocenters. The van der Waals surface area contributed by atoms with E-state index in [0.717, 1.165) is 55.5 Å². The van der Waals surface area contributed by atoms with E-state index in [0.29, 0.717) is 10.8 Å². The number of hydrogen-bond acceptors (Lipinski definition) is 5. The first-order valence-corrected chi connectivity index (χ1v) is 10.9. The van der Waals surface area contributed by atoms with E-state index in [9.17, 15) is 4.79 Å². The first-order valence-electron chi connectivity index (χ1n) is 10.5. The van der Waals surface area contributed by atoms with E-state index in [1.165, 1.54) is 0 Å². The van der Waals surface area contributed by atoms with Crippen molar-refractivity contribution < 1.29 is 4.79 Å². The van der Waals surface area contributed by atoms with Gasteiger partial charge >= 0.3 is 0 Å². The van der Waals surface area contributed by atoms with Gasteiger partial charge in [-0.05, 0) is 50.7 Å². The topological polar surface area (TPSA) is 66.3 Å². The van der Waals surface area contributed by atoms with Crippen molar-refractivity contribution in [2.45, 2.75) is 20.8 Å². The minimum atomic E-state index is -0.340. The fourth-order valence-corrected chi connectivity index (χ4v) is 4.10. The number of para-hydroxylation sites is 2. The van der Waals surface area contributed by atoms with Crippen molar-refractivity contribution in [1.82, 2.24) is 19.7 Å². The van der Waals surface area contributed by atoms with Crippen LogP contribution >= 0.6 is 11.6 Å². The highest BCUT2D eigenvalue weighted by Crippen LogP contribution is 2.28. The van der Waals surface area contributed by atoms with E-state index in [2.05, 4.69) is 32.1 Å². The van der Waals surface area contributed by atoms with Gasteiger partial charge in [-0.2, -0.15) is 5.10 Å². The van der Waals surface area contributed by atoms with E-state index < -0.39 is 0 Å². The lowest BCUT2D eigenvalue weighted by Crippen LogP contribution is -2.46. The normalized spacial score (nSPS) is 14.6. The summed E-state index contributed by atoms with van der Waals surface area (Å²) >= 11 is 6.34. The van der Waals surface area contributed by atoms with Crippen LogP contribution in [-0.2, 0) is 0 Å². The lowest BCUT2D eigenvalue weighted by atomic mass is 10.2. The number of aromatic nitrogens is 3. The van der Waals surface area contributed by atoms with Crippen LogP contribution in [0.25, 0.3) is 5.82 Å². The van der Waals surface area contributed by atoms with Gasteiger partial charge < -0.3 is 15.1 Å². The standard InChI is InChI=1S/C23H27ClN6O/c1-4-28-11-13-29(14-12-28)20-8-6-5-7-19(20)25-23(31)22-18(24)9-10-21(26-22)30-17(3)15-16(2)27-30/h5-10,15H,4,11-14H2,1-3H3,(H,25,31). The summed E-state index contributed by atoms with van der Waals surface area (Å²) in [6, 6.07) is 13.3. The predicted molar refractivity (Wildman–Crippen MR) is 125 cm³/mol. The van der Waals surface area contributed by atoms with Crippen molar-refractivity contribution in [3.63, 3.8) is 0 Å². The van der Waals surface area contributed by atoms with Crippen LogP contribution in [0.3, 0.4) is 0 Å². The molecule has 1 aliphatic rings. The first-order chi connectivity index (χ1) is 15.0. The second-order valence-corrected chi connectivity index (χ2v) is 8.14. The van der Waals surface area contributed by atoms with E-state index >= 15 is 0 Å². The van der Waals surface area contributed by atoms with Crippen LogP contribution in [0, 0.1) is 13.8 Å². The molecule has 1 amide bonds. The number of aryl methyl sites for hydroxylation is 2. The van der Waals surface area contributed by atoms with Crippen molar-refractivity contribution in [3.8, 4) is 5.82 Å². The summed E-state index contributed by atoms with van der Waals surface area (Å²) in [6.45, 7) is 11.0. The van der Waals surface area contributed by atoms with Gasteiger partial charge in [0.05, 0.1) is 22.1 Å². The maximum atomic E-state index is 13.1.